The first-order valence-corrected chi connectivity index (χ1v) is 9.18. The number of H-pyrrole nitrogens is 1. The van der Waals surface area contributed by atoms with E-state index in [0.717, 1.165) is 50.2 Å². The minimum Gasteiger partial charge on any atom is -0.342 e. The molecule has 0 bridgehead atoms. The van der Waals surface area contributed by atoms with E-state index in [1.54, 1.807) is 12.1 Å². The Morgan fingerprint density at radius 2 is 1.76 bits per heavy atom. The smallest absolute Gasteiger partial charge is 0.225 e. The third-order valence-corrected chi connectivity index (χ3v) is 5.50. The van der Waals surface area contributed by atoms with Crippen LogP contribution in [-0.2, 0) is 4.79 Å². The lowest BCUT2D eigenvalue weighted by Gasteiger charge is -2.32. The second-order valence-electron chi connectivity index (χ2n) is 7.13. The van der Waals surface area contributed by atoms with Crippen LogP contribution in [0.4, 0.5) is 4.39 Å². The lowest BCUT2D eigenvalue weighted by Crippen LogP contribution is -2.41. The third kappa shape index (κ3) is 3.43. The average Bonchev–Trinajstić information content (AvgIpc) is 3.34. The molecule has 0 radical (unpaired) electrons. The van der Waals surface area contributed by atoms with E-state index in [4.69, 9.17) is 0 Å². The van der Waals surface area contributed by atoms with Gasteiger partial charge in [-0.25, -0.2) is 9.37 Å². The number of hydrogen-bond donors (Lipinski definition) is 1. The molecule has 132 valence electrons. The van der Waals surface area contributed by atoms with Crippen LogP contribution in [0, 0.1) is 11.7 Å². The molecule has 0 unspecified atom stereocenters. The van der Waals surface area contributed by atoms with Crippen LogP contribution < -0.4 is 0 Å². The number of carbonyl (C=O) groups excluding carboxylic acids is 1. The molecule has 1 N–H and O–H groups in total. The van der Waals surface area contributed by atoms with Crippen molar-refractivity contribution in [3.63, 3.8) is 0 Å². The van der Waals surface area contributed by atoms with Gasteiger partial charge in [-0.05, 0) is 49.9 Å². The Morgan fingerprint density at radius 1 is 1.08 bits per heavy atom. The molecule has 1 saturated heterocycles. The zero-order valence-electron chi connectivity index (χ0n) is 14.2. The van der Waals surface area contributed by atoms with E-state index in [-0.39, 0.29) is 11.7 Å². The highest BCUT2D eigenvalue weighted by Gasteiger charge is 2.31. The van der Waals surface area contributed by atoms with E-state index in [1.165, 1.54) is 25.0 Å². The Bertz CT molecular complexity index is 728. The standard InChI is InChI=1S/C19H23FN4O/c20-16-7-5-13(6-8-16)17-21-18(23-22-17)14-9-11-24(12-10-14)19(25)15-3-1-2-4-15/h5-8,14-15H,1-4,9-12H2,(H,21,22,23). The van der Waals surface area contributed by atoms with Crippen molar-refractivity contribution in [3.05, 3.63) is 35.9 Å². The van der Waals surface area contributed by atoms with Gasteiger partial charge in [0, 0.05) is 30.5 Å². The number of benzene rings is 1. The summed E-state index contributed by atoms with van der Waals surface area (Å²) in [7, 11) is 0. The van der Waals surface area contributed by atoms with Crippen molar-refractivity contribution < 1.29 is 9.18 Å². The number of nitrogens with one attached hydrogen (secondary N) is 1. The fraction of sp³-hybridized carbons (Fsp3) is 0.526. The van der Waals surface area contributed by atoms with Crippen LogP contribution in [0.2, 0.25) is 0 Å². The molecular weight excluding hydrogens is 319 g/mol. The summed E-state index contributed by atoms with van der Waals surface area (Å²) < 4.78 is 13.0. The highest BCUT2D eigenvalue weighted by Crippen LogP contribution is 2.31. The van der Waals surface area contributed by atoms with Crippen LogP contribution in [0.25, 0.3) is 11.4 Å². The molecule has 2 aliphatic rings. The first-order chi connectivity index (χ1) is 12.2. The van der Waals surface area contributed by atoms with Crippen molar-refractivity contribution >= 4 is 5.91 Å². The monoisotopic (exact) mass is 342 g/mol. The van der Waals surface area contributed by atoms with Gasteiger partial charge in [0.1, 0.15) is 11.6 Å². The molecule has 1 saturated carbocycles. The van der Waals surface area contributed by atoms with Crippen molar-refractivity contribution in [2.75, 3.05) is 13.1 Å². The van der Waals surface area contributed by atoms with Crippen molar-refractivity contribution in [1.29, 1.82) is 0 Å². The van der Waals surface area contributed by atoms with E-state index < -0.39 is 0 Å². The van der Waals surface area contributed by atoms with Crippen molar-refractivity contribution in [1.82, 2.24) is 20.1 Å². The number of piperidine rings is 1. The zero-order chi connectivity index (χ0) is 17.2. The van der Waals surface area contributed by atoms with Crippen LogP contribution in [0.15, 0.2) is 24.3 Å². The lowest BCUT2D eigenvalue weighted by molar-refractivity contribution is -0.136. The molecule has 25 heavy (non-hydrogen) atoms. The van der Waals surface area contributed by atoms with Gasteiger partial charge in [-0.1, -0.05) is 12.8 Å². The van der Waals surface area contributed by atoms with Crippen LogP contribution >= 0.6 is 0 Å². The van der Waals surface area contributed by atoms with Gasteiger partial charge >= 0.3 is 0 Å². The molecule has 0 spiro atoms. The number of aromatic amines is 1. The normalized spacial score (nSPS) is 19.5. The molecule has 1 amide bonds. The number of rotatable bonds is 3. The molecule has 1 aromatic heterocycles. The number of likely N-dealkylation sites (tertiary alicyclic amines) is 1. The maximum Gasteiger partial charge on any atom is 0.225 e. The summed E-state index contributed by atoms with van der Waals surface area (Å²) in [6.07, 6.45) is 6.32. The van der Waals surface area contributed by atoms with Gasteiger partial charge < -0.3 is 4.90 Å². The van der Waals surface area contributed by atoms with Crippen LogP contribution in [0.1, 0.15) is 50.3 Å². The summed E-state index contributed by atoms with van der Waals surface area (Å²) in [6.45, 7) is 1.60. The number of aromatic nitrogens is 3. The molecule has 1 aromatic carbocycles. The third-order valence-electron chi connectivity index (χ3n) is 5.50. The topological polar surface area (TPSA) is 61.9 Å². The van der Waals surface area contributed by atoms with Gasteiger partial charge in [-0.2, -0.15) is 5.10 Å². The molecule has 1 aliphatic carbocycles. The highest BCUT2D eigenvalue weighted by atomic mass is 19.1. The number of carbonyl (C=O) groups is 1. The Kier molecular flexibility index (Phi) is 4.51. The van der Waals surface area contributed by atoms with E-state index in [0.29, 0.717) is 17.6 Å². The van der Waals surface area contributed by atoms with Gasteiger partial charge in [-0.3, -0.25) is 9.89 Å². The highest BCUT2D eigenvalue weighted by molar-refractivity contribution is 5.79. The summed E-state index contributed by atoms with van der Waals surface area (Å²) in [4.78, 5) is 19.1. The van der Waals surface area contributed by atoms with Crippen molar-refractivity contribution in [2.24, 2.45) is 5.92 Å². The molecular formula is C19H23FN4O. The van der Waals surface area contributed by atoms with E-state index >= 15 is 0 Å². The second-order valence-corrected chi connectivity index (χ2v) is 7.13. The number of amides is 1. The van der Waals surface area contributed by atoms with Gasteiger partial charge in [0.15, 0.2) is 5.82 Å². The van der Waals surface area contributed by atoms with Crippen LogP contribution in [-0.4, -0.2) is 39.1 Å². The quantitative estimate of drug-likeness (QED) is 0.928. The summed E-state index contributed by atoms with van der Waals surface area (Å²) in [5, 5.41) is 7.30. The fourth-order valence-electron chi connectivity index (χ4n) is 3.99. The lowest BCUT2D eigenvalue weighted by atomic mass is 9.94. The average molecular weight is 342 g/mol. The van der Waals surface area contributed by atoms with E-state index in [2.05, 4.69) is 15.2 Å². The molecule has 4 rings (SSSR count). The van der Waals surface area contributed by atoms with Gasteiger partial charge in [0.05, 0.1) is 0 Å². The van der Waals surface area contributed by atoms with Crippen molar-refractivity contribution in [2.45, 2.75) is 44.4 Å². The Hall–Kier alpha value is -2.24. The molecule has 5 nitrogen and oxygen atoms in total. The number of hydrogen-bond acceptors (Lipinski definition) is 3. The SMILES string of the molecule is O=C(C1CCCC1)N1CCC(c2nc(-c3ccc(F)cc3)n[nH]2)CC1. The van der Waals surface area contributed by atoms with Crippen LogP contribution in [0.5, 0.6) is 0 Å². The summed E-state index contributed by atoms with van der Waals surface area (Å²) in [6, 6.07) is 6.20. The molecule has 2 aromatic rings. The second kappa shape index (κ2) is 6.94. The predicted octanol–water partition coefficient (Wildman–Crippen LogP) is 3.51. The maximum absolute atomic E-state index is 13.0. The first-order valence-electron chi connectivity index (χ1n) is 9.18. The summed E-state index contributed by atoms with van der Waals surface area (Å²) in [5.41, 5.74) is 0.803. The van der Waals surface area contributed by atoms with Gasteiger partial charge in [0.25, 0.3) is 0 Å². The number of nitrogens with zero attached hydrogens (tertiary/aromatic N) is 3. The maximum atomic E-state index is 13.0. The molecule has 1 aliphatic heterocycles. The molecule has 6 heteroatoms. The van der Waals surface area contributed by atoms with E-state index in [1.807, 2.05) is 4.90 Å². The minimum atomic E-state index is -0.265. The first kappa shape index (κ1) is 16.2. The molecule has 0 atom stereocenters. The largest absolute Gasteiger partial charge is 0.342 e. The fourth-order valence-corrected chi connectivity index (χ4v) is 3.99. The summed E-state index contributed by atoms with van der Waals surface area (Å²) >= 11 is 0. The Balaban J connectivity index is 1.38. The molecule has 2 fully saturated rings. The van der Waals surface area contributed by atoms with E-state index in [9.17, 15) is 9.18 Å². The van der Waals surface area contributed by atoms with Gasteiger partial charge in [0.2, 0.25) is 5.91 Å². The zero-order valence-corrected chi connectivity index (χ0v) is 14.2. The Labute approximate surface area is 146 Å². The minimum absolute atomic E-state index is 0.256. The van der Waals surface area contributed by atoms with Crippen molar-refractivity contribution in [3.8, 4) is 11.4 Å². The summed E-state index contributed by atoms with van der Waals surface area (Å²) in [5.74, 6) is 2.10. The number of halogens is 1. The van der Waals surface area contributed by atoms with Gasteiger partial charge in [-0.15, -0.1) is 0 Å². The molecule has 2 heterocycles. The Morgan fingerprint density at radius 3 is 2.44 bits per heavy atom. The predicted molar refractivity (Wildman–Crippen MR) is 92.3 cm³/mol. The van der Waals surface area contributed by atoms with Crippen LogP contribution in [0.3, 0.4) is 0 Å².